The van der Waals surface area contributed by atoms with Crippen LogP contribution >= 0.6 is 11.3 Å². The van der Waals surface area contributed by atoms with Crippen molar-refractivity contribution in [1.82, 2.24) is 4.98 Å². The van der Waals surface area contributed by atoms with Gasteiger partial charge in [0.05, 0.1) is 28.1 Å². The zero-order valence-corrected chi connectivity index (χ0v) is 19.6. The van der Waals surface area contributed by atoms with Gasteiger partial charge < -0.3 is 9.47 Å². The number of thiazole rings is 1. The van der Waals surface area contributed by atoms with Crippen molar-refractivity contribution in [2.24, 2.45) is 10.2 Å². The van der Waals surface area contributed by atoms with Crippen LogP contribution in [0.3, 0.4) is 0 Å². The summed E-state index contributed by atoms with van der Waals surface area (Å²) in [5.74, 6) is 0.350. The lowest BCUT2D eigenvalue weighted by Crippen LogP contribution is -2.08. The molecular weight excluding hydrogens is 465 g/mol. The summed E-state index contributed by atoms with van der Waals surface area (Å²) in [5.41, 5.74) is 1.69. The van der Waals surface area contributed by atoms with Crippen LogP contribution in [0.5, 0.6) is 11.5 Å². The molecule has 0 fully saturated rings. The number of carbonyl (C=O) groups excluding carboxylic acids is 1. The molecule has 1 heterocycles. The predicted molar refractivity (Wildman–Crippen MR) is 135 cm³/mol. The highest BCUT2D eigenvalue weighted by Gasteiger charge is 2.13. The molecule has 6 nitrogen and oxygen atoms in total. The lowest BCUT2D eigenvalue weighted by atomic mass is 10.1. The van der Waals surface area contributed by atoms with Crippen LogP contribution in [-0.4, -0.2) is 17.6 Å². The third-order valence-electron chi connectivity index (χ3n) is 5.21. The topological polar surface area (TPSA) is 73.1 Å². The molecule has 0 spiro atoms. The van der Waals surface area contributed by atoms with E-state index in [-0.39, 0.29) is 5.82 Å². The number of carbonyl (C=O) groups is 1. The summed E-state index contributed by atoms with van der Waals surface area (Å²) < 4.78 is 25.4. The van der Waals surface area contributed by atoms with E-state index in [0.29, 0.717) is 44.7 Å². The van der Waals surface area contributed by atoms with Crippen LogP contribution in [0.1, 0.15) is 23.7 Å². The number of hydrogen-bond acceptors (Lipinski definition) is 7. The van der Waals surface area contributed by atoms with Gasteiger partial charge >= 0.3 is 5.97 Å². The zero-order valence-electron chi connectivity index (χ0n) is 18.8. The van der Waals surface area contributed by atoms with Gasteiger partial charge in [0.2, 0.25) is 5.13 Å². The Kier molecular flexibility index (Phi) is 6.45. The van der Waals surface area contributed by atoms with Gasteiger partial charge in [0, 0.05) is 10.8 Å². The van der Waals surface area contributed by atoms with Gasteiger partial charge in [0.1, 0.15) is 17.3 Å². The first-order chi connectivity index (χ1) is 17.1. The molecule has 5 aromatic rings. The first-order valence-corrected chi connectivity index (χ1v) is 11.9. The van der Waals surface area contributed by atoms with Crippen molar-refractivity contribution in [1.29, 1.82) is 0 Å². The summed E-state index contributed by atoms with van der Waals surface area (Å²) in [6.07, 6.45) is 0.910. The summed E-state index contributed by atoms with van der Waals surface area (Å²) in [6, 6.07) is 22.2. The first-order valence-electron chi connectivity index (χ1n) is 11.1. The van der Waals surface area contributed by atoms with Crippen LogP contribution in [-0.2, 0) is 0 Å². The lowest BCUT2D eigenvalue weighted by molar-refractivity contribution is 0.0737. The van der Waals surface area contributed by atoms with Crippen LogP contribution < -0.4 is 9.47 Å². The second-order valence-electron chi connectivity index (χ2n) is 7.70. The Morgan fingerprint density at radius 1 is 0.971 bits per heavy atom. The van der Waals surface area contributed by atoms with E-state index in [1.807, 2.05) is 31.2 Å². The molecule has 0 bridgehead atoms. The molecule has 5 rings (SSSR count). The Balaban J connectivity index is 1.39. The molecule has 4 aromatic carbocycles. The zero-order chi connectivity index (χ0) is 24.2. The number of rotatable bonds is 7. The van der Waals surface area contributed by atoms with E-state index >= 15 is 0 Å². The molecule has 0 aliphatic heterocycles. The van der Waals surface area contributed by atoms with E-state index in [4.69, 9.17) is 9.47 Å². The average Bonchev–Trinajstić information content (AvgIpc) is 3.29. The molecule has 0 N–H and O–H groups in total. The van der Waals surface area contributed by atoms with Crippen LogP contribution in [0, 0.1) is 5.82 Å². The van der Waals surface area contributed by atoms with E-state index in [0.717, 1.165) is 17.2 Å². The summed E-state index contributed by atoms with van der Waals surface area (Å²) >= 11 is 1.26. The van der Waals surface area contributed by atoms with Crippen LogP contribution in [0.2, 0.25) is 0 Å². The maximum absolute atomic E-state index is 13.5. The molecular formula is C27H20FN3O3S. The highest BCUT2D eigenvalue weighted by molar-refractivity contribution is 7.21. The van der Waals surface area contributed by atoms with E-state index < -0.39 is 5.97 Å². The minimum Gasteiger partial charge on any atom is -0.494 e. The van der Waals surface area contributed by atoms with E-state index in [2.05, 4.69) is 15.2 Å². The van der Waals surface area contributed by atoms with Crippen LogP contribution in [0.15, 0.2) is 89.1 Å². The monoisotopic (exact) mass is 485 g/mol. The number of nitrogens with zero attached hydrogens (tertiary/aromatic N) is 3. The van der Waals surface area contributed by atoms with Crippen molar-refractivity contribution >= 4 is 49.1 Å². The molecule has 0 amide bonds. The number of fused-ring (bicyclic) bond motifs is 2. The highest BCUT2D eigenvalue weighted by Crippen LogP contribution is 2.36. The molecule has 0 saturated carbocycles. The number of aromatic nitrogens is 1. The molecule has 0 radical (unpaired) electrons. The number of benzene rings is 4. The average molecular weight is 486 g/mol. The smallest absolute Gasteiger partial charge is 0.343 e. The summed E-state index contributed by atoms with van der Waals surface area (Å²) in [5, 5.41) is 10.5. The minimum absolute atomic E-state index is 0.318. The van der Waals surface area contributed by atoms with Crippen molar-refractivity contribution in [3.63, 3.8) is 0 Å². The van der Waals surface area contributed by atoms with Gasteiger partial charge in [-0.15, -0.1) is 10.2 Å². The highest BCUT2D eigenvalue weighted by atomic mass is 32.1. The molecule has 0 atom stereocenters. The minimum atomic E-state index is -0.465. The summed E-state index contributed by atoms with van der Waals surface area (Å²) in [7, 11) is 0. The van der Waals surface area contributed by atoms with Gasteiger partial charge in [0.25, 0.3) is 0 Å². The van der Waals surface area contributed by atoms with Crippen LogP contribution in [0.25, 0.3) is 21.0 Å². The third-order valence-corrected chi connectivity index (χ3v) is 6.11. The number of ether oxygens (including phenoxy) is 2. The van der Waals surface area contributed by atoms with Gasteiger partial charge in [0.15, 0.2) is 0 Å². The van der Waals surface area contributed by atoms with Gasteiger partial charge in [-0.1, -0.05) is 42.5 Å². The van der Waals surface area contributed by atoms with Crippen LogP contribution in [0.4, 0.5) is 15.2 Å². The van der Waals surface area contributed by atoms with E-state index in [9.17, 15) is 9.18 Å². The number of halogens is 1. The summed E-state index contributed by atoms with van der Waals surface area (Å²) in [6.45, 7) is 2.66. The number of hydrogen-bond donors (Lipinski definition) is 0. The second-order valence-corrected chi connectivity index (χ2v) is 8.71. The Morgan fingerprint density at radius 3 is 2.57 bits per heavy atom. The molecule has 0 aliphatic carbocycles. The van der Waals surface area contributed by atoms with E-state index in [1.54, 1.807) is 42.5 Å². The maximum Gasteiger partial charge on any atom is 0.343 e. The normalized spacial score (nSPS) is 11.4. The van der Waals surface area contributed by atoms with Gasteiger partial charge in [-0.3, -0.25) is 0 Å². The molecule has 1 aromatic heterocycles. The summed E-state index contributed by atoms with van der Waals surface area (Å²) in [4.78, 5) is 17.1. The van der Waals surface area contributed by atoms with Crippen molar-refractivity contribution in [3.05, 3.63) is 90.2 Å². The Hall–Kier alpha value is -4.17. The predicted octanol–water partition coefficient (Wildman–Crippen LogP) is 8.01. The molecule has 0 saturated heterocycles. The Morgan fingerprint density at radius 2 is 1.77 bits per heavy atom. The fourth-order valence-corrected chi connectivity index (χ4v) is 4.34. The standard InChI is InChI=1S/C27H20FN3O3S/c1-2-15-33-19-10-7-17(8-11-19)26(32)34-24-14-13-22(20-5-3-4-6-21(20)24)30-31-27-29-23-12-9-18(28)16-25(23)35-27/h3-14,16H,2,15H2,1H3. The quantitative estimate of drug-likeness (QED) is 0.133. The van der Waals surface area contributed by atoms with Crippen molar-refractivity contribution < 1.29 is 18.7 Å². The maximum atomic E-state index is 13.5. The SMILES string of the molecule is CCCOc1ccc(C(=O)Oc2ccc(N=Nc3nc4ccc(F)cc4s3)c3ccccc23)cc1. The largest absolute Gasteiger partial charge is 0.494 e. The molecule has 35 heavy (non-hydrogen) atoms. The lowest BCUT2D eigenvalue weighted by Gasteiger charge is -2.10. The van der Waals surface area contributed by atoms with Gasteiger partial charge in [-0.25, -0.2) is 14.2 Å². The van der Waals surface area contributed by atoms with Crippen molar-refractivity contribution in [2.75, 3.05) is 6.61 Å². The Labute approximate surface area is 204 Å². The van der Waals surface area contributed by atoms with Crippen molar-refractivity contribution in [3.8, 4) is 11.5 Å². The second kappa shape index (κ2) is 9.99. The number of azo groups is 1. The first kappa shape index (κ1) is 22.6. The number of esters is 1. The fourth-order valence-electron chi connectivity index (χ4n) is 3.52. The van der Waals surface area contributed by atoms with Gasteiger partial charge in [-0.05, 0) is 61.0 Å². The molecule has 0 unspecified atom stereocenters. The van der Waals surface area contributed by atoms with E-state index in [1.165, 1.54) is 23.5 Å². The Bertz CT molecular complexity index is 1550. The molecule has 8 heteroatoms. The fraction of sp³-hybridized carbons (Fsp3) is 0.111. The third kappa shape index (κ3) is 5.02. The molecule has 0 aliphatic rings. The van der Waals surface area contributed by atoms with Gasteiger partial charge in [-0.2, -0.15) is 0 Å². The molecule has 174 valence electrons. The van der Waals surface area contributed by atoms with Crippen molar-refractivity contribution in [2.45, 2.75) is 13.3 Å².